The summed E-state index contributed by atoms with van der Waals surface area (Å²) in [5.41, 5.74) is 1.41. The van der Waals surface area contributed by atoms with Crippen LogP contribution < -0.4 is 19.1 Å². The number of nitrogens with one attached hydrogen (secondary N) is 1. The molecule has 3 rings (SSSR count). The summed E-state index contributed by atoms with van der Waals surface area (Å²) in [5.74, 6) is 0.725. The number of rotatable bonds is 11. The number of hydrogen-bond acceptors (Lipinski definition) is 6. The molecule has 180 valence electrons. The van der Waals surface area contributed by atoms with E-state index in [1.165, 1.54) is 11.8 Å². The van der Waals surface area contributed by atoms with E-state index >= 15 is 0 Å². The number of hydrogen-bond donors (Lipinski definition) is 1. The lowest BCUT2D eigenvalue weighted by molar-refractivity contribution is -0.119. The number of thioether (sulfide) groups is 1. The molecule has 0 radical (unpaired) electrons. The maximum Gasteiger partial charge on any atom is 0.264 e. The van der Waals surface area contributed by atoms with Crippen LogP contribution in [0.3, 0.4) is 0 Å². The van der Waals surface area contributed by atoms with Gasteiger partial charge in [0.15, 0.2) is 11.5 Å². The highest BCUT2D eigenvalue weighted by molar-refractivity contribution is 7.98. The van der Waals surface area contributed by atoms with Gasteiger partial charge in [-0.3, -0.25) is 9.10 Å². The Balaban J connectivity index is 1.71. The molecule has 0 saturated carbocycles. The average Bonchev–Trinajstić information content (AvgIpc) is 2.86. The molecule has 0 aliphatic carbocycles. The quantitative estimate of drug-likeness (QED) is 0.315. The van der Waals surface area contributed by atoms with Crippen LogP contribution in [-0.2, 0) is 14.8 Å². The predicted octanol–water partition coefficient (Wildman–Crippen LogP) is 4.12. The zero-order valence-corrected chi connectivity index (χ0v) is 21.0. The molecule has 3 aromatic carbocycles. The molecule has 0 bridgehead atoms. The van der Waals surface area contributed by atoms with Crippen molar-refractivity contribution in [3.63, 3.8) is 0 Å². The van der Waals surface area contributed by atoms with Crippen molar-refractivity contribution in [2.45, 2.75) is 16.7 Å². The van der Waals surface area contributed by atoms with E-state index in [-0.39, 0.29) is 24.6 Å². The number of para-hydroxylation sites is 2. The summed E-state index contributed by atoms with van der Waals surface area (Å²) >= 11 is 1.52. The zero-order valence-electron chi connectivity index (χ0n) is 19.4. The molecule has 1 N–H and O–H groups in total. The van der Waals surface area contributed by atoms with E-state index in [9.17, 15) is 13.2 Å². The Morgan fingerprint density at radius 3 is 2.24 bits per heavy atom. The number of ether oxygens (including phenoxy) is 2. The van der Waals surface area contributed by atoms with Crippen LogP contribution >= 0.6 is 11.8 Å². The number of aryl methyl sites for hydroxylation is 1. The minimum absolute atomic E-state index is 0.123. The Hall–Kier alpha value is -3.17. The molecule has 0 fully saturated rings. The van der Waals surface area contributed by atoms with E-state index in [0.29, 0.717) is 17.2 Å². The van der Waals surface area contributed by atoms with Crippen molar-refractivity contribution in [2.24, 2.45) is 0 Å². The minimum atomic E-state index is -3.95. The molecular weight excluding hydrogens is 472 g/mol. The largest absolute Gasteiger partial charge is 0.493 e. The van der Waals surface area contributed by atoms with Crippen LogP contribution in [0.2, 0.25) is 0 Å². The van der Waals surface area contributed by atoms with Gasteiger partial charge in [0.2, 0.25) is 5.91 Å². The van der Waals surface area contributed by atoms with E-state index in [1.807, 2.05) is 37.4 Å². The van der Waals surface area contributed by atoms with Gasteiger partial charge in [-0.15, -0.1) is 11.8 Å². The van der Waals surface area contributed by atoms with Crippen molar-refractivity contribution in [3.8, 4) is 11.5 Å². The van der Waals surface area contributed by atoms with Crippen LogP contribution in [0.5, 0.6) is 11.5 Å². The summed E-state index contributed by atoms with van der Waals surface area (Å²) < 4.78 is 38.9. The van der Waals surface area contributed by atoms with Gasteiger partial charge in [-0.1, -0.05) is 29.8 Å². The monoisotopic (exact) mass is 500 g/mol. The average molecular weight is 501 g/mol. The Bertz CT molecular complexity index is 1200. The topological polar surface area (TPSA) is 84.9 Å². The van der Waals surface area contributed by atoms with Crippen LogP contribution in [0, 0.1) is 6.92 Å². The summed E-state index contributed by atoms with van der Waals surface area (Å²) in [6, 6.07) is 20.8. The van der Waals surface area contributed by atoms with Gasteiger partial charge in [0.05, 0.1) is 24.2 Å². The second-order valence-electron chi connectivity index (χ2n) is 7.37. The molecule has 0 atom stereocenters. The fraction of sp³-hybridized carbons (Fsp3) is 0.240. The highest BCUT2D eigenvalue weighted by Gasteiger charge is 2.27. The number of methoxy groups -OCH3 is 1. The van der Waals surface area contributed by atoms with Gasteiger partial charge in [-0.2, -0.15) is 0 Å². The first-order valence-electron chi connectivity index (χ1n) is 10.6. The standard InChI is InChI=1S/C25H28N2O5S2/c1-19-8-10-20(11-9-19)27(34(29,30)22-14-12-21(33-3)13-15-22)18-25(28)26-16-17-32-24-7-5-4-6-23(24)31-2/h4-15H,16-18H2,1-3H3,(H,26,28). The predicted molar refractivity (Wildman–Crippen MR) is 135 cm³/mol. The third kappa shape index (κ3) is 6.45. The summed E-state index contributed by atoms with van der Waals surface area (Å²) in [5, 5.41) is 2.73. The van der Waals surface area contributed by atoms with Gasteiger partial charge in [0.1, 0.15) is 13.2 Å². The molecule has 0 saturated heterocycles. The lowest BCUT2D eigenvalue weighted by Crippen LogP contribution is -2.41. The molecule has 9 heteroatoms. The first kappa shape index (κ1) is 25.5. The van der Waals surface area contributed by atoms with Gasteiger partial charge in [0.25, 0.3) is 10.0 Å². The molecule has 0 aromatic heterocycles. The SMILES string of the molecule is COc1ccccc1OCCNC(=O)CN(c1ccc(C)cc1)S(=O)(=O)c1ccc(SC)cc1. The normalized spacial score (nSPS) is 11.0. The fourth-order valence-corrected chi connectivity index (χ4v) is 5.01. The van der Waals surface area contributed by atoms with E-state index in [2.05, 4.69) is 5.32 Å². The third-order valence-electron chi connectivity index (χ3n) is 5.01. The van der Waals surface area contributed by atoms with Crippen molar-refractivity contribution in [1.29, 1.82) is 0 Å². The van der Waals surface area contributed by atoms with Crippen molar-refractivity contribution in [2.75, 3.05) is 37.4 Å². The molecule has 0 heterocycles. The lowest BCUT2D eigenvalue weighted by atomic mass is 10.2. The number of amides is 1. The molecule has 0 spiro atoms. The second kappa shape index (κ2) is 11.8. The van der Waals surface area contributed by atoms with Gasteiger partial charge in [-0.25, -0.2) is 8.42 Å². The van der Waals surface area contributed by atoms with E-state index in [0.717, 1.165) is 14.8 Å². The van der Waals surface area contributed by atoms with Crippen molar-refractivity contribution >= 4 is 33.4 Å². The van der Waals surface area contributed by atoms with E-state index < -0.39 is 15.9 Å². The number of sulfonamides is 1. The number of benzene rings is 3. The van der Waals surface area contributed by atoms with Crippen LogP contribution in [-0.4, -0.2) is 47.4 Å². The highest BCUT2D eigenvalue weighted by atomic mass is 32.2. The van der Waals surface area contributed by atoms with Crippen molar-refractivity contribution < 1.29 is 22.7 Å². The molecular formula is C25H28N2O5S2. The molecule has 34 heavy (non-hydrogen) atoms. The molecule has 3 aromatic rings. The van der Waals surface area contributed by atoms with Gasteiger partial charge in [0, 0.05) is 4.90 Å². The smallest absolute Gasteiger partial charge is 0.264 e. The first-order valence-corrected chi connectivity index (χ1v) is 13.3. The molecule has 0 unspecified atom stereocenters. The summed E-state index contributed by atoms with van der Waals surface area (Å²) in [6.45, 7) is 1.98. The Morgan fingerprint density at radius 2 is 1.62 bits per heavy atom. The summed E-state index contributed by atoms with van der Waals surface area (Å²) in [6.07, 6.45) is 1.92. The lowest BCUT2D eigenvalue weighted by Gasteiger charge is -2.24. The Kier molecular flexibility index (Phi) is 8.84. The van der Waals surface area contributed by atoms with Crippen molar-refractivity contribution in [1.82, 2.24) is 5.32 Å². The van der Waals surface area contributed by atoms with Gasteiger partial charge >= 0.3 is 0 Å². The number of carbonyl (C=O) groups excluding carboxylic acids is 1. The van der Waals surface area contributed by atoms with Gasteiger partial charge in [-0.05, 0) is 61.7 Å². The van der Waals surface area contributed by atoms with Crippen molar-refractivity contribution in [3.05, 3.63) is 78.4 Å². The molecule has 0 aliphatic heterocycles. The Labute approximate surface area is 205 Å². The highest BCUT2D eigenvalue weighted by Crippen LogP contribution is 2.26. The zero-order chi connectivity index (χ0) is 24.6. The Morgan fingerprint density at radius 1 is 0.971 bits per heavy atom. The summed E-state index contributed by atoms with van der Waals surface area (Å²) in [7, 11) is -2.40. The number of carbonyl (C=O) groups is 1. The van der Waals surface area contributed by atoms with Crippen LogP contribution in [0.4, 0.5) is 5.69 Å². The molecule has 7 nitrogen and oxygen atoms in total. The number of nitrogens with zero attached hydrogens (tertiary/aromatic N) is 1. The maximum absolute atomic E-state index is 13.4. The minimum Gasteiger partial charge on any atom is -0.493 e. The molecule has 0 aliphatic rings. The summed E-state index contributed by atoms with van der Waals surface area (Å²) in [4.78, 5) is 13.8. The number of anilines is 1. The van der Waals surface area contributed by atoms with E-state index in [4.69, 9.17) is 9.47 Å². The van der Waals surface area contributed by atoms with Crippen LogP contribution in [0.25, 0.3) is 0 Å². The van der Waals surface area contributed by atoms with Crippen LogP contribution in [0.15, 0.2) is 82.6 Å². The van der Waals surface area contributed by atoms with Gasteiger partial charge < -0.3 is 14.8 Å². The fourth-order valence-electron chi connectivity index (χ4n) is 3.18. The second-order valence-corrected chi connectivity index (χ2v) is 10.1. The van der Waals surface area contributed by atoms with E-state index in [1.54, 1.807) is 55.6 Å². The molecule has 1 amide bonds. The maximum atomic E-state index is 13.4. The third-order valence-corrected chi connectivity index (χ3v) is 7.54. The first-order chi connectivity index (χ1) is 16.3. The van der Waals surface area contributed by atoms with Crippen LogP contribution in [0.1, 0.15) is 5.56 Å².